The smallest absolute Gasteiger partial charge is 0.387 e. The van der Waals surface area contributed by atoms with Crippen LogP contribution in [0.1, 0.15) is 23.7 Å². The van der Waals surface area contributed by atoms with Gasteiger partial charge in [0.15, 0.2) is 0 Å². The normalized spacial score (nSPS) is 21.8. The van der Waals surface area contributed by atoms with E-state index in [1.54, 1.807) is 0 Å². The Morgan fingerprint density at radius 2 is 2.22 bits per heavy atom. The molecule has 2 atom stereocenters. The third-order valence-electron chi connectivity index (χ3n) is 3.00. The van der Waals surface area contributed by atoms with E-state index in [2.05, 4.69) is 11.7 Å². The quantitative estimate of drug-likeness (QED) is 0.759. The number of ether oxygens (including phenoxy) is 2. The van der Waals surface area contributed by atoms with Crippen LogP contribution in [-0.4, -0.2) is 19.2 Å². The average Bonchev–Trinajstić information content (AvgIpc) is 3.02. The summed E-state index contributed by atoms with van der Waals surface area (Å²) in [5.74, 6) is 0.494. The van der Waals surface area contributed by atoms with Crippen molar-refractivity contribution in [3.8, 4) is 5.75 Å². The first-order valence-electron chi connectivity index (χ1n) is 5.78. The van der Waals surface area contributed by atoms with Crippen LogP contribution in [0.25, 0.3) is 0 Å². The minimum absolute atomic E-state index is 0.0424. The zero-order valence-corrected chi connectivity index (χ0v) is 9.94. The molecule has 0 aliphatic heterocycles. The van der Waals surface area contributed by atoms with Gasteiger partial charge in [0.1, 0.15) is 5.75 Å². The van der Waals surface area contributed by atoms with Crippen molar-refractivity contribution in [3.63, 3.8) is 0 Å². The molecule has 5 heteroatoms. The number of carbonyl (C=O) groups excluding carboxylic acids is 1. The Hall–Kier alpha value is -1.65. The number of alkyl halides is 2. The molecule has 1 fully saturated rings. The van der Waals surface area contributed by atoms with Gasteiger partial charge in [0.05, 0.1) is 12.2 Å². The lowest BCUT2D eigenvalue weighted by Gasteiger charge is -2.07. The topological polar surface area (TPSA) is 35.5 Å². The van der Waals surface area contributed by atoms with E-state index in [4.69, 9.17) is 4.74 Å². The van der Waals surface area contributed by atoms with Gasteiger partial charge in [-0.1, -0.05) is 13.0 Å². The first kappa shape index (κ1) is 12.8. The molecule has 0 amide bonds. The van der Waals surface area contributed by atoms with Gasteiger partial charge in [-0.15, -0.1) is 0 Å². The molecule has 3 nitrogen and oxygen atoms in total. The molecule has 0 aromatic heterocycles. The Morgan fingerprint density at radius 3 is 2.83 bits per heavy atom. The summed E-state index contributed by atoms with van der Waals surface area (Å²) in [6.45, 7) is -0.418. The van der Waals surface area contributed by atoms with E-state index in [0.29, 0.717) is 18.4 Å². The fourth-order valence-electron chi connectivity index (χ4n) is 1.70. The molecule has 1 aliphatic carbocycles. The highest BCUT2D eigenvalue weighted by Gasteiger charge is 2.33. The molecule has 1 saturated carbocycles. The maximum Gasteiger partial charge on any atom is 0.387 e. The van der Waals surface area contributed by atoms with Crippen LogP contribution < -0.4 is 4.74 Å². The molecule has 0 radical (unpaired) electrons. The molecule has 0 heterocycles. The van der Waals surface area contributed by atoms with Gasteiger partial charge in [0, 0.05) is 0 Å². The zero-order valence-electron chi connectivity index (χ0n) is 9.94. The summed E-state index contributed by atoms with van der Waals surface area (Å²) in [5.41, 5.74) is 0.224. The molecule has 1 aliphatic rings. The first-order chi connectivity index (χ1) is 8.56. The van der Waals surface area contributed by atoms with Crippen LogP contribution in [0.5, 0.6) is 5.75 Å². The standard InChI is InChI=1S/C13H14F2O3/c1-8-5-10(8)7-17-12(16)9-3-2-4-11(6-9)18-13(14)15/h2-4,6,8,10,13H,5,7H2,1H3. The Balaban J connectivity index is 1.92. The average molecular weight is 256 g/mol. The molecule has 18 heavy (non-hydrogen) atoms. The highest BCUT2D eigenvalue weighted by Crippen LogP contribution is 2.37. The van der Waals surface area contributed by atoms with Crippen molar-refractivity contribution in [3.05, 3.63) is 29.8 Å². The van der Waals surface area contributed by atoms with Crippen LogP contribution in [0.3, 0.4) is 0 Å². The molecule has 2 rings (SSSR count). The van der Waals surface area contributed by atoms with Crippen molar-refractivity contribution >= 4 is 5.97 Å². The summed E-state index contributed by atoms with van der Waals surface area (Å²) in [5, 5.41) is 0. The summed E-state index contributed by atoms with van der Waals surface area (Å²) in [7, 11) is 0. The Kier molecular flexibility index (Phi) is 3.79. The minimum Gasteiger partial charge on any atom is -0.462 e. The summed E-state index contributed by atoms with van der Waals surface area (Å²) < 4.78 is 33.4. The molecule has 0 saturated heterocycles. The van der Waals surface area contributed by atoms with E-state index in [-0.39, 0.29) is 11.3 Å². The minimum atomic E-state index is -2.90. The van der Waals surface area contributed by atoms with Crippen LogP contribution in [-0.2, 0) is 4.74 Å². The van der Waals surface area contributed by atoms with Gasteiger partial charge >= 0.3 is 12.6 Å². The number of rotatable bonds is 5. The summed E-state index contributed by atoms with van der Waals surface area (Å²) >= 11 is 0. The van der Waals surface area contributed by atoms with Crippen molar-refractivity contribution in [1.82, 2.24) is 0 Å². The molecule has 2 unspecified atom stereocenters. The largest absolute Gasteiger partial charge is 0.462 e. The molecular formula is C13H14F2O3. The second kappa shape index (κ2) is 5.33. The third-order valence-corrected chi connectivity index (χ3v) is 3.00. The van der Waals surface area contributed by atoms with Crippen LogP contribution in [0.2, 0.25) is 0 Å². The SMILES string of the molecule is CC1CC1COC(=O)c1cccc(OC(F)F)c1. The molecule has 0 N–H and O–H groups in total. The third kappa shape index (κ3) is 3.42. The Labute approximate surface area is 104 Å². The maximum absolute atomic E-state index is 12.0. The van der Waals surface area contributed by atoms with Crippen LogP contribution >= 0.6 is 0 Å². The van der Waals surface area contributed by atoms with E-state index in [0.717, 1.165) is 6.42 Å². The number of esters is 1. The van der Waals surface area contributed by atoms with Crippen LogP contribution in [0.15, 0.2) is 24.3 Å². The van der Waals surface area contributed by atoms with E-state index < -0.39 is 12.6 Å². The van der Waals surface area contributed by atoms with Crippen molar-refractivity contribution in [2.75, 3.05) is 6.61 Å². The van der Waals surface area contributed by atoms with E-state index >= 15 is 0 Å². The second-order valence-electron chi connectivity index (χ2n) is 4.48. The second-order valence-corrected chi connectivity index (χ2v) is 4.48. The number of halogens is 2. The van der Waals surface area contributed by atoms with Crippen LogP contribution in [0.4, 0.5) is 8.78 Å². The molecule has 1 aromatic carbocycles. The fraction of sp³-hybridized carbons (Fsp3) is 0.462. The molecule has 98 valence electrons. The summed E-state index contributed by atoms with van der Waals surface area (Å²) in [6.07, 6.45) is 1.07. The van der Waals surface area contributed by atoms with Crippen molar-refractivity contribution in [2.24, 2.45) is 11.8 Å². The Bertz CT molecular complexity index is 434. The lowest BCUT2D eigenvalue weighted by Crippen LogP contribution is -2.09. The van der Waals surface area contributed by atoms with Crippen molar-refractivity contribution in [2.45, 2.75) is 20.0 Å². The summed E-state index contributed by atoms with van der Waals surface area (Å²) in [4.78, 5) is 11.7. The lowest BCUT2D eigenvalue weighted by molar-refractivity contribution is -0.0499. The zero-order chi connectivity index (χ0) is 13.1. The molecule has 0 spiro atoms. The number of hydrogen-bond donors (Lipinski definition) is 0. The monoisotopic (exact) mass is 256 g/mol. The summed E-state index contributed by atoms with van der Waals surface area (Å²) in [6, 6.07) is 5.61. The van der Waals surface area contributed by atoms with Gasteiger partial charge in [-0.3, -0.25) is 0 Å². The van der Waals surface area contributed by atoms with E-state index in [1.165, 1.54) is 24.3 Å². The van der Waals surface area contributed by atoms with Gasteiger partial charge < -0.3 is 9.47 Å². The van der Waals surface area contributed by atoms with Gasteiger partial charge in [-0.2, -0.15) is 8.78 Å². The van der Waals surface area contributed by atoms with Crippen molar-refractivity contribution in [1.29, 1.82) is 0 Å². The molecule has 1 aromatic rings. The van der Waals surface area contributed by atoms with Gasteiger partial charge in [0.2, 0.25) is 0 Å². The van der Waals surface area contributed by atoms with Crippen molar-refractivity contribution < 1.29 is 23.0 Å². The Morgan fingerprint density at radius 1 is 1.50 bits per heavy atom. The van der Waals surface area contributed by atoms with Crippen LogP contribution in [0, 0.1) is 11.8 Å². The van der Waals surface area contributed by atoms with E-state index in [9.17, 15) is 13.6 Å². The lowest BCUT2D eigenvalue weighted by atomic mass is 10.2. The maximum atomic E-state index is 12.0. The van der Waals surface area contributed by atoms with E-state index in [1.807, 2.05) is 0 Å². The number of hydrogen-bond acceptors (Lipinski definition) is 3. The first-order valence-corrected chi connectivity index (χ1v) is 5.78. The van der Waals surface area contributed by atoms with Gasteiger partial charge in [-0.25, -0.2) is 4.79 Å². The molecular weight excluding hydrogens is 242 g/mol. The number of carbonyl (C=O) groups is 1. The fourth-order valence-corrected chi connectivity index (χ4v) is 1.70. The van der Waals surface area contributed by atoms with Gasteiger partial charge in [-0.05, 0) is 36.5 Å². The number of benzene rings is 1. The molecule has 0 bridgehead atoms. The highest BCUT2D eigenvalue weighted by atomic mass is 19.3. The predicted molar refractivity (Wildman–Crippen MR) is 60.6 cm³/mol. The van der Waals surface area contributed by atoms with Gasteiger partial charge in [0.25, 0.3) is 0 Å². The predicted octanol–water partition coefficient (Wildman–Crippen LogP) is 3.10. The highest BCUT2D eigenvalue weighted by molar-refractivity contribution is 5.89.